The molecule has 2 aromatic carbocycles. The highest BCUT2D eigenvalue weighted by Crippen LogP contribution is 2.30. The second-order valence-electron chi connectivity index (χ2n) is 4.76. The lowest BCUT2D eigenvalue weighted by Crippen LogP contribution is -2.26. The SMILES string of the molecule is Cc1ccc(OCC(O)CNc2c(Br)cccc2Br)cc1. The number of aryl methyl sites for hydroxylation is 1. The molecule has 2 rings (SSSR count). The fraction of sp³-hybridized carbons (Fsp3) is 0.250. The number of aliphatic hydroxyl groups excluding tert-OH is 1. The first-order valence-corrected chi connectivity index (χ1v) is 8.20. The number of nitrogens with one attached hydrogen (secondary N) is 1. The summed E-state index contributed by atoms with van der Waals surface area (Å²) in [5.41, 5.74) is 2.11. The van der Waals surface area contributed by atoms with E-state index in [9.17, 15) is 5.11 Å². The average Bonchev–Trinajstić information content (AvgIpc) is 2.46. The maximum atomic E-state index is 9.99. The number of hydrogen-bond acceptors (Lipinski definition) is 3. The molecule has 0 aliphatic carbocycles. The fourth-order valence-corrected chi connectivity index (χ4v) is 3.05. The van der Waals surface area contributed by atoms with Gasteiger partial charge in [-0.05, 0) is 63.0 Å². The second kappa shape index (κ2) is 7.82. The van der Waals surface area contributed by atoms with Crippen molar-refractivity contribution < 1.29 is 9.84 Å². The Bertz CT molecular complexity index is 567. The van der Waals surface area contributed by atoms with Gasteiger partial charge >= 0.3 is 0 Å². The average molecular weight is 415 g/mol. The van der Waals surface area contributed by atoms with Crippen LogP contribution >= 0.6 is 31.9 Å². The summed E-state index contributed by atoms with van der Waals surface area (Å²) in [6.45, 7) is 2.68. The number of benzene rings is 2. The van der Waals surface area contributed by atoms with Crippen molar-refractivity contribution in [1.29, 1.82) is 0 Å². The van der Waals surface area contributed by atoms with Crippen LogP contribution in [-0.2, 0) is 0 Å². The van der Waals surface area contributed by atoms with E-state index in [2.05, 4.69) is 37.2 Å². The molecule has 0 aliphatic heterocycles. The molecule has 2 N–H and O–H groups in total. The summed E-state index contributed by atoms with van der Waals surface area (Å²) < 4.78 is 7.45. The molecule has 2 aromatic rings. The van der Waals surface area contributed by atoms with Crippen LogP contribution in [0.2, 0.25) is 0 Å². The van der Waals surface area contributed by atoms with Crippen LogP contribution in [0.25, 0.3) is 0 Å². The summed E-state index contributed by atoms with van der Waals surface area (Å²) in [5, 5.41) is 13.2. The Morgan fingerprint density at radius 1 is 1.10 bits per heavy atom. The minimum absolute atomic E-state index is 0.248. The van der Waals surface area contributed by atoms with Crippen LogP contribution in [0, 0.1) is 6.92 Å². The molecule has 5 heteroatoms. The van der Waals surface area contributed by atoms with Gasteiger partial charge in [0.25, 0.3) is 0 Å². The lowest BCUT2D eigenvalue weighted by molar-refractivity contribution is 0.117. The lowest BCUT2D eigenvalue weighted by Gasteiger charge is -2.16. The molecule has 0 saturated carbocycles. The molecule has 0 aliphatic rings. The van der Waals surface area contributed by atoms with Crippen molar-refractivity contribution in [1.82, 2.24) is 0 Å². The van der Waals surface area contributed by atoms with Gasteiger partial charge < -0.3 is 15.2 Å². The zero-order valence-electron chi connectivity index (χ0n) is 11.6. The standard InChI is InChI=1S/C16H17Br2NO2/c1-11-5-7-13(8-6-11)21-10-12(20)9-19-16-14(17)3-2-4-15(16)18/h2-8,12,19-20H,9-10H2,1H3. The third kappa shape index (κ3) is 5.02. The zero-order valence-corrected chi connectivity index (χ0v) is 14.8. The van der Waals surface area contributed by atoms with Crippen molar-refractivity contribution in [3.05, 3.63) is 57.0 Å². The molecule has 21 heavy (non-hydrogen) atoms. The summed E-state index contributed by atoms with van der Waals surface area (Å²) in [7, 11) is 0. The maximum absolute atomic E-state index is 9.99. The molecule has 112 valence electrons. The van der Waals surface area contributed by atoms with Crippen LogP contribution in [0.1, 0.15) is 5.56 Å². The van der Waals surface area contributed by atoms with E-state index >= 15 is 0 Å². The van der Waals surface area contributed by atoms with Gasteiger partial charge in [-0.2, -0.15) is 0 Å². The molecule has 1 unspecified atom stereocenters. The van der Waals surface area contributed by atoms with Gasteiger partial charge in [0.05, 0.1) is 5.69 Å². The minimum Gasteiger partial charge on any atom is -0.491 e. The Balaban J connectivity index is 1.82. The smallest absolute Gasteiger partial charge is 0.119 e. The van der Waals surface area contributed by atoms with Crippen molar-refractivity contribution >= 4 is 37.5 Å². The van der Waals surface area contributed by atoms with E-state index in [1.54, 1.807) is 0 Å². The molecule has 3 nitrogen and oxygen atoms in total. The first kappa shape index (κ1) is 16.3. The Kier molecular flexibility index (Phi) is 6.08. The summed E-state index contributed by atoms with van der Waals surface area (Å²) in [5.74, 6) is 0.765. The second-order valence-corrected chi connectivity index (χ2v) is 6.46. The van der Waals surface area contributed by atoms with Crippen molar-refractivity contribution in [2.45, 2.75) is 13.0 Å². The first-order valence-electron chi connectivity index (χ1n) is 6.61. The highest BCUT2D eigenvalue weighted by molar-refractivity contribution is 9.11. The molecule has 0 aromatic heterocycles. The number of para-hydroxylation sites is 1. The van der Waals surface area contributed by atoms with Crippen LogP contribution in [0.4, 0.5) is 5.69 Å². The van der Waals surface area contributed by atoms with Crippen molar-refractivity contribution in [3.8, 4) is 5.75 Å². The van der Waals surface area contributed by atoms with E-state index < -0.39 is 6.10 Å². The highest BCUT2D eigenvalue weighted by atomic mass is 79.9. The maximum Gasteiger partial charge on any atom is 0.119 e. The number of aliphatic hydroxyl groups is 1. The topological polar surface area (TPSA) is 41.5 Å². The van der Waals surface area contributed by atoms with E-state index in [0.29, 0.717) is 6.54 Å². The van der Waals surface area contributed by atoms with Crippen LogP contribution in [0.5, 0.6) is 5.75 Å². The largest absolute Gasteiger partial charge is 0.491 e. The molecule has 0 radical (unpaired) electrons. The third-order valence-corrected chi connectivity index (χ3v) is 4.26. The quantitative estimate of drug-likeness (QED) is 0.737. The van der Waals surface area contributed by atoms with Gasteiger partial charge in [0.15, 0.2) is 0 Å². The Morgan fingerprint density at radius 2 is 1.71 bits per heavy atom. The molecular formula is C16H17Br2NO2. The molecule has 0 amide bonds. The van der Waals surface area contributed by atoms with Crippen molar-refractivity contribution in [2.75, 3.05) is 18.5 Å². The summed E-state index contributed by atoms with van der Waals surface area (Å²) >= 11 is 6.95. The molecule has 0 bridgehead atoms. The van der Waals surface area contributed by atoms with E-state index in [0.717, 1.165) is 20.4 Å². The molecular weight excluding hydrogens is 398 g/mol. The lowest BCUT2D eigenvalue weighted by atomic mass is 10.2. The number of anilines is 1. The van der Waals surface area contributed by atoms with Gasteiger partial charge in [0, 0.05) is 15.5 Å². The Hall–Kier alpha value is -1.04. The minimum atomic E-state index is -0.592. The van der Waals surface area contributed by atoms with E-state index in [1.165, 1.54) is 5.56 Å². The monoisotopic (exact) mass is 413 g/mol. The van der Waals surface area contributed by atoms with Gasteiger partial charge in [0.2, 0.25) is 0 Å². The summed E-state index contributed by atoms with van der Waals surface area (Å²) in [6.07, 6.45) is -0.592. The number of halogens is 2. The normalized spacial score (nSPS) is 12.0. The van der Waals surface area contributed by atoms with Crippen LogP contribution in [0.3, 0.4) is 0 Å². The van der Waals surface area contributed by atoms with Gasteiger partial charge in [-0.15, -0.1) is 0 Å². The van der Waals surface area contributed by atoms with Crippen molar-refractivity contribution in [2.24, 2.45) is 0 Å². The highest BCUT2D eigenvalue weighted by Gasteiger charge is 2.09. The summed E-state index contributed by atoms with van der Waals surface area (Å²) in [4.78, 5) is 0. The number of ether oxygens (including phenoxy) is 1. The fourth-order valence-electron chi connectivity index (χ4n) is 1.77. The zero-order chi connectivity index (χ0) is 15.2. The van der Waals surface area contributed by atoms with Crippen LogP contribution in [-0.4, -0.2) is 24.4 Å². The van der Waals surface area contributed by atoms with Gasteiger partial charge in [-0.1, -0.05) is 23.8 Å². The third-order valence-electron chi connectivity index (χ3n) is 2.94. The molecule has 0 fully saturated rings. The van der Waals surface area contributed by atoms with E-state index in [1.807, 2.05) is 49.4 Å². The molecule has 0 spiro atoms. The van der Waals surface area contributed by atoms with Crippen molar-refractivity contribution in [3.63, 3.8) is 0 Å². The van der Waals surface area contributed by atoms with Gasteiger partial charge in [-0.3, -0.25) is 0 Å². The Morgan fingerprint density at radius 3 is 2.33 bits per heavy atom. The van der Waals surface area contributed by atoms with Crippen LogP contribution in [0.15, 0.2) is 51.4 Å². The van der Waals surface area contributed by atoms with Gasteiger partial charge in [0.1, 0.15) is 18.5 Å². The predicted molar refractivity (Wildman–Crippen MR) is 93.0 cm³/mol. The summed E-state index contributed by atoms with van der Waals surface area (Å²) in [6, 6.07) is 13.6. The van der Waals surface area contributed by atoms with E-state index in [4.69, 9.17) is 4.74 Å². The molecule has 0 saturated heterocycles. The predicted octanol–water partition coefficient (Wildman–Crippen LogP) is 4.37. The Labute approximate surface area is 141 Å². The van der Waals surface area contributed by atoms with Crippen LogP contribution < -0.4 is 10.1 Å². The number of rotatable bonds is 6. The molecule has 1 atom stereocenters. The first-order chi connectivity index (χ1) is 10.1. The van der Waals surface area contributed by atoms with Gasteiger partial charge in [-0.25, -0.2) is 0 Å². The molecule has 0 heterocycles. The number of hydrogen-bond donors (Lipinski definition) is 2. The van der Waals surface area contributed by atoms with E-state index in [-0.39, 0.29) is 6.61 Å².